The van der Waals surface area contributed by atoms with Crippen LogP contribution in [-0.4, -0.2) is 58.2 Å². The third-order valence-electron chi connectivity index (χ3n) is 4.32. The predicted octanol–water partition coefficient (Wildman–Crippen LogP) is 1.15. The Morgan fingerprint density at radius 2 is 2.04 bits per heavy atom. The van der Waals surface area contributed by atoms with Crippen molar-refractivity contribution in [3.8, 4) is 5.88 Å². The zero-order valence-corrected chi connectivity index (χ0v) is 15.2. The van der Waals surface area contributed by atoms with Gasteiger partial charge in [0.05, 0.1) is 13.2 Å². The summed E-state index contributed by atoms with van der Waals surface area (Å²) in [4.78, 5) is 33.4. The van der Waals surface area contributed by atoms with E-state index in [2.05, 4.69) is 15.3 Å². The summed E-state index contributed by atoms with van der Waals surface area (Å²) >= 11 is 0. The van der Waals surface area contributed by atoms with Crippen LogP contribution in [0, 0.1) is 12.8 Å². The van der Waals surface area contributed by atoms with Crippen LogP contribution in [0.25, 0.3) is 0 Å². The molecule has 1 aliphatic heterocycles. The average molecular weight is 350 g/mol. The number of carbonyl (C=O) groups is 2. The molecule has 1 saturated heterocycles. The maximum absolute atomic E-state index is 12.6. The van der Waals surface area contributed by atoms with Crippen LogP contribution in [0.5, 0.6) is 5.88 Å². The standard InChI is InChI=1S/C16H26N6O3/c1-5-10(2)13(17)14(23)21-7-6-8-22(21)16(24)20-15-18-11(3)9-12(19-15)25-4/h9-10,13H,5-8,17H2,1-4H3,(H,18,19,20,24). The predicted molar refractivity (Wildman–Crippen MR) is 92.8 cm³/mol. The van der Waals surface area contributed by atoms with Crippen LogP contribution in [0.1, 0.15) is 32.4 Å². The normalized spacial score (nSPS) is 16.5. The molecule has 9 heteroatoms. The van der Waals surface area contributed by atoms with Crippen molar-refractivity contribution in [2.24, 2.45) is 11.7 Å². The third kappa shape index (κ3) is 4.36. The van der Waals surface area contributed by atoms with E-state index in [0.717, 1.165) is 6.42 Å². The van der Waals surface area contributed by atoms with Crippen LogP contribution in [0.2, 0.25) is 0 Å². The lowest BCUT2D eigenvalue weighted by molar-refractivity contribution is -0.142. The van der Waals surface area contributed by atoms with Gasteiger partial charge in [-0.2, -0.15) is 4.98 Å². The van der Waals surface area contributed by atoms with Crippen molar-refractivity contribution < 1.29 is 14.3 Å². The molecule has 1 aliphatic rings. The molecule has 1 aromatic rings. The lowest BCUT2D eigenvalue weighted by atomic mass is 9.99. The van der Waals surface area contributed by atoms with Gasteiger partial charge < -0.3 is 10.5 Å². The number of carbonyl (C=O) groups excluding carboxylic acids is 2. The zero-order valence-electron chi connectivity index (χ0n) is 15.2. The van der Waals surface area contributed by atoms with Gasteiger partial charge in [-0.25, -0.2) is 19.8 Å². The Labute approximate surface area is 147 Å². The number of anilines is 1. The minimum Gasteiger partial charge on any atom is -0.481 e. The highest BCUT2D eigenvalue weighted by Gasteiger charge is 2.35. The van der Waals surface area contributed by atoms with Gasteiger partial charge in [0.15, 0.2) is 0 Å². The molecule has 0 spiro atoms. The second kappa shape index (κ2) is 8.11. The number of amides is 3. The highest BCUT2D eigenvalue weighted by Crippen LogP contribution is 2.18. The summed E-state index contributed by atoms with van der Waals surface area (Å²) in [5.74, 6) is 0.287. The summed E-state index contributed by atoms with van der Waals surface area (Å²) < 4.78 is 5.08. The number of aryl methyl sites for hydroxylation is 1. The molecule has 0 saturated carbocycles. The fourth-order valence-corrected chi connectivity index (χ4v) is 2.58. The lowest BCUT2D eigenvalue weighted by Gasteiger charge is -2.31. The number of hydrazine groups is 1. The van der Waals surface area contributed by atoms with Crippen molar-refractivity contribution in [3.05, 3.63) is 11.8 Å². The Kier molecular flexibility index (Phi) is 6.13. The maximum Gasteiger partial charge on any atom is 0.343 e. The number of methoxy groups -OCH3 is 1. The molecule has 9 nitrogen and oxygen atoms in total. The van der Waals surface area contributed by atoms with E-state index in [1.165, 1.54) is 17.1 Å². The highest BCUT2D eigenvalue weighted by molar-refractivity contribution is 5.91. The van der Waals surface area contributed by atoms with Gasteiger partial charge in [-0.3, -0.25) is 10.1 Å². The van der Waals surface area contributed by atoms with Gasteiger partial charge in [0.2, 0.25) is 11.8 Å². The Bertz CT molecular complexity index is 638. The van der Waals surface area contributed by atoms with Crippen molar-refractivity contribution in [3.63, 3.8) is 0 Å². The molecule has 0 aromatic carbocycles. The fourth-order valence-electron chi connectivity index (χ4n) is 2.58. The van der Waals surface area contributed by atoms with E-state index in [9.17, 15) is 9.59 Å². The van der Waals surface area contributed by atoms with E-state index in [0.29, 0.717) is 31.1 Å². The number of urea groups is 1. The van der Waals surface area contributed by atoms with Gasteiger partial charge in [0.25, 0.3) is 5.91 Å². The van der Waals surface area contributed by atoms with Crippen LogP contribution in [0.4, 0.5) is 10.7 Å². The Morgan fingerprint density at radius 3 is 2.68 bits per heavy atom. The first-order valence-corrected chi connectivity index (χ1v) is 8.42. The number of aromatic nitrogens is 2. The summed E-state index contributed by atoms with van der Waals surface area (Å²) in [6, 6.07) is 0.565. The fraction of sp³-hybridized carbons (Fsp3) is 0.625. The van der Waals surface area contributed by atoms with Crippen molar-refractivity contribution in [2.75, 3.05) is 25.5 Å². The molecule has 1 aromatic heterocycles. The molecule has 2 unspecified atom stereocenters. The lowest BCUT2D eigenvalue weighted by Crippen LogP contribution is -2.53. The topological polar surface area (TPSA) is 114 Å². The molecule has 0 radical (unpaired) electrons. The summed E-state index contributed by atoms with van der Waals surface area (Å²) in [5, 5.41) is 5.40. The number of rotatable bonds is 5. The molecule has 3 amide bonds. The molecule has 1 fully saturated rings. The molecule has 0 aliphatic carbocycles. The molecule has 25 heavy (non-hydrogen) atoms. The molecule has 0 bridgehead atoms. The molecule has 2 atom stereocenters. The van der Waals surface area contributed by atoms with E-state index >= 15 is 0 Å². The second-order valence-electron chi connectivity index (χ2n) is 6.15. The molecular weight excluding hydrogens is 324 g/mol. The maximum atomic E-state index is 12.6. The van der Waals surface area contributed by atoms with Crippen LogP contribution in [0.3, 0.4) is 0 Å². The van der Waals surface area contributed by atoms with Crippen molar-refractivity contribution >= 4 is 17.9 Å². The number of hydrogen-bond donors (Lipinski definition) is 2. The number of ether oxygens (including phenoxy) is 1. The molecule has 2 rings (SSSR count). The Morgan fingerprint density at radius 1 is 1.36 bits per heavy atom. The van der Waals surface area contributed by atoms with Gasteiger partial charge in [0, 0.05) is 24.8 Å². The third-order valence-corrected chi connectivity index (χ3v) is 4.32. The van der Waals surface area contributed by atoms with E-state index in [1.807, 2.05) is 13.8 Å². The van der Waals surface area contributed by atoms with Gasteiger partial charge in [-0.1, -0.05) is 20.3 Å². The first-order chi connectivity index (χ1) is 11.9. The number of nitrogens with one attached hydrogen (secondary N) is 1. The molecule has 2 heterocycles. The summed E-state index contributed by atoms with van der Waals surface area (Å²) in [7, 11) is 1.49. The van der Waals surface area contributed by atoms with Crippen molar-refractivity contribution in [1.29, 1.82) is 0 Å². The SMILES string of the molecule is CCC(C)C(N)C(=O)N1CCCN1C(=O)Nc1nc(C)cc(OC)n1. The van der Waals surface area contributed by atoms with Gasteiger partial charge in [-0.15, -0.1) is 0 Å². The molecule has 138 valence electrons. The zero-order chi connectivity index (χ0) is 18.6. The Balaban J connectivity index is 2.10. The summed E-state index contributed by atoms with van der Waals surface area (Å²) in [5.41, 5.74) is 6.70. The quantitative estimate of drug-likeness (QED) is 0.823. The molecule has 3 N–H and O–H groups in total. The van der Waals surface area contributed by atoms with Crippen molar-refractivity contribution in [1.82, 2.24) is 20.0 Å². The largest absolute Gasteiger partial charge is 0.481 e. The van der Waals surface area contributed by atoms with E-state index in [4.69, 9.17) is 10.5 Å². The monoisotopic (exact) mass is 350 g/mol. The number of hydrogen-bond acceptors (Lipinski definition) is 6. The summed E-state index contributed by atoms with van der Waals surface area (Å²) in [6.07, 6.45) is 1.49. The van der Waals surface area contributed by atoms with Crippen molar-refractivity contribution in [2.45, 2.75) is 39.7 Å². The number of nitrogens with zero attached hydrogens (tertiary/aromatic N) is 4. The smallest absolute Gasteiger partial charge is 0.343 e. The molecular formula is C16H26N6O3. The average Bonchev–Trinajstić information content (AvgIpc) is 3.08. The first kappa shape index (κ1) is 18.9. The van der Waals surface area contributed by atoms with Gasteiger partial charge in [-0.05, 0) is 19.3 Å². The van der Waals surface area contributed by atoms with E-state index in [-0.39, 0.29) is 17.8 Å². The van der Waals surface area contributed by atoms with E-state index < -0.39 is 12.1 Å². The number of nitrogens with two attached hydrogens (primary N) is 1. The van der Waals surface area contributed by atoms with E-state index in [1.54, 1.807) is 13.0 Å². The van der Waals surface area contributed by atoms with Crippen LogP contribution in [-0.2, 0) is 4.79 Å². The van der Waals surface area contributed by atoms with Gasteiger partial charge >= 0.3 is 6.03 Å². The first-order valence-electron chi connectivity index (χ1n) is 8.42. The van der Waals surface area contributed by atoms with Crippen LogP contribution in [0.15, 0.2) is 6.07 Å². The highest BCUT2D eigenvalue weighted by atomic mass is 16.5. The van der Waals surface area contributed by atoms with Crippen LogP contribution < -0.4 is 15.8 Å². The summed E-state index contributed by atoms with van der Waals surface area (Å²) in [6.45, 7) is 6.59. The second-order valence-corrected chi connectivity index (χ2v) is 6.15. The minimum absolute atomic E-state index is 0.0439. The minimum atomic E-state index is -0.631. The van der Waals surface area contributed by atoms with Gasteiger partial charge in [0.1, 0.15) is 0 Å². The Hall–Kier alpha value is -2.42. The van der Waals surface area contributed by atoms with Crippen LogP contribution >= 0.6 is 0 Å².